The van der Waals surface area contributed by atoms with Crippen LogP contribution >= 0.6 is 15.9 Å². The maximum atomic E-state index is 14.1. The maximum Gasteiger partial charge on any atom is 0.133 e. The van der Waals surface area contributed by atoms with E-state index in [1.807, 2.05) is 31.2 Å². The van der Waals surface area contributed by atoms with Crippen LogP contribution in [0, 0.1) is 12.7 Å². The lowest BCUT2D eigenvalue weighted by molar-refractivity contribution is 0.411. The highest BCUT2D eigenvalue weighted by molar-refractivity contribution is 9.10. The SMILES string of the molecule is COc1ccc(CC(NN)c2ccc(C)cc2F)cc1Br. The van der Waals surface area contributed by atoms with Crippen LogP contribution in [-0.2, 0) is 6.42 Å². The minimum absolute atomic E-state index is 0.245. The van der Waals surface area contributed by atoms with Crippen molar-refractivity contribution < 1.29 is 9.13 Å². The molecule has 2 rings (SSSR count). The van der Waals surface area contributed by atoms with Gasteiger partial charge in [-0.25, -0.2) is 4.39 Å². The molecule has 0 aliphatic carbocycles. The zero-order chi connectivity index (χ0) is 15.4. The fourth-order valence-corrected chi connectivity index (χ4v) is 2.83. The molecule has 0 heterocycles. The third-order valence-corrected chi connectivity index (χ3v) is 4.01. The minimum atomic E-state index is -0.286. The van der Waals surface area contributed by atoms with Crippen LogP contribution in [0.3, 0.4) is 0 Å². The number of rotatable bonds is 5. The second kappa shape index (κ2) is 7.02. The number of aryl methyl sites for hydroxylation is 1. The highest BCUT2D eigenvalue weighted by Gasteiger charge is 2.15. The van der Waals surface area contributed by atoms with Gasteiger partial charge in [0.15, 0.2) is 0 Å². The summed E-state index contributed by atoms with van der Waals surface area (Å²) in [4.78, 5) is 0. The van der Waals surface area contributed by atoms with Gasteiger partial charge in [-0.15, -0.1) is 0 Å². The van der Waals surface area contributed by atoms with Crippen molar-refractivity contribution in [2.24, 2.45) is 5.84 Å². The van der Waals surface area contributed by atoms with Gasteiger partial charge in [0.25, 0.3) is 0 Å². The van der Waals surface area contributed by atoms with Crippen molar-refractivity contribution in [2.75, 3.05) is 7.11 Å². The molecule has 0 aromatic heterocycles. The largest absolute Gasteiger partial charge is 0.496 e. The molecule has 1 unspecified atom stereocenters. The summed E-state index contributed by atoms with van der Waals surface area (Å²) in [6.45, 7) is 1.86. The summed E-state index contributed by atoms with van der Waals surface area (Å²) >= 11 is 3.45. The van der Waals surface area contributed by atoms with E-state index in [0.717, 1.165) is 21.3 Å². The smallest absolute Gasteiger partial charge is 0.133 e. The first-order chi connectivity index (χ1) is 10.0. The van der Waals surface area contributed by atoms with Crippen molar-refractivity contribution in [2.45, 2.75) is 19.4 Å². The van der Waals surface area contributed by atoms with E-state index in [2.05, 4.69) is 21.4 Å². The Hall–Kier alpha value is -1.43. The van der Waals surface area contributed by atoms with Crippen LogP contribution in [0.4, 0.5) is 4.39 Å². The number of benzene rings is 2. The molecule has 0 saturated carbocycles. The Morgan fingerprint density at radius 2 is 2.05 bits per heavy atom. The molecule has 2 aromatic rings. The summed E-state index contributed by atoms with van der Waals surface area (Å²) in [5.41, 5.74) is 5.17. The van der Waals surface area contributed by atoms with Crippen LogP contribution < -0.4 is 16.0 Å². The molecule has 0 aliphatic heterocycles. The van der Waals surface area contributed by atoms with E-state index in [4.69, 9.17) is 10.6 Å². The number of nitrogens with two attached hydrogens (primary N) is 1. The quantitative estimate of drug-likeness (QED) is 0.637. The molecule has 0 amide bonds. The summed E-state index contributed by atoms with van der Waals surface area (Å²) in [7, 11) is 1.62. The van der Waals surface area contributed by atoms with Gasteiger partial charge >= 0.3 is 0 Å². The maximum absolute atomic E-state index is 14.1. The lowest BCUT2D eigenvalue weighted by Crippen LogP contribution is -2.30. The molecule has 21 heavy (non-hydrogen) atoms. The average molecular weight is 353 g/mol. The van der Waals surface area contributed by atoms with Crippen molar-refractivity contribution in [3.05, 3.63) is 63.4 Å². The predicted octanol–water partition coefficient (Wildman–Crippen LogP) is 3.65. The summed E-state index contributed by atoms with van der Waals surface area (Å²) in [6, 6.07) is 10.7. The number of halogens is 2. The Morgan fingerprint density at radius 1 is 1.29 bits per heavy atom. The highest BCUT2D eigenvalue weighted by Crippen LogP contribution is 2.28. The van der Waals surface area contributed by atoms with E-state index in [1.54, 1.807) is 13.2 Å². The molecule has 5 heteroatoms. The fraction of sp³-hybridized carbons (Fsp3) is 0.250. The van der Waals surface area contributed by atoms with Crippen molar-refractivity contribution >= 4 is 15.9 Å². The van der Waals surface area contributed by atoms with Crippen LogP contribution in [0.25, 0.3) is 0 Å². The van der Waals surface area contributed by atoms with Crippen molar-refractivity contribution in [1.29, 1.82) is 0 Å². The number of hydrogen-bond acceptors (Lipinski definition) is 3. The van der Waals surface area contributed by atoms with Gasteiger partial charge in [-0.2, -0.15) is 0 Å². The fourth-order valence-electron chi connectivity index (χ4n) is 2.25. The number of methoxy groups -OCH3 is 1. The summed E-state index contributed by atoms with van der Waals surface area (Å²) < 4.78 is 20.1. The van der Waals surface area contributed by atoms with E-state index in [1.165, 1.54) is 6.07 Å². The third kappa shape index (κ3) is 3.81. The molecule has 0 spiro atoms. The molecule has 0 radical (unpaired) electrons. The first-order valence-electron chi connectivity index (χ1n) is 6.59. The van der Waals surface area contributed by atoms with E-state index in [9.17, 15) is 4.39 Å². The second-order valence-electron chi connectivity index (χ2n) is 4.92. The molecule has 2 aromatic carbocycles. The molecule has 0 bridgehead atoms. The van der Waals surface area contributed by atoms with Gasteiger partial charge in [0, 0.05) is 5.56 Å². The van der Waals surface area contributed by atoms with Gasteiger partial charge in [-0.05, 0) is 58.6 Å². The summed E-state index contributed by atoms with van der Waals surface area (Å²) in [5.74, 6) is 6.12. The zero-order valence-electron chi connectivity index (χ0n) is 12.0. The Morgan fingerprint density at radius 3 is 2.62 bits per heavy atom. The molecule has 0 saturated heterocycles. The Kier molecular flexibility index (Phi) is 5.33. The van der Waals surface area contributed by atoms with Crippen molar-refractivity contribution in [3.8, 4) is 5.75 Å². The lowest BCUT2D eigenvalue weighted by atomic mass is 9.98. The van der Waals surface area contributed by atoms with E-state index in [0.29, 0.717) is 12.0 Å². The molecule has 0 aliphatic rings. The standard InChI is InChI=1S/C16H18BrFN2O/c1-10-3-5-12(14(18)7-10)15(20-19)9-11-4-6-16(21-2)13(17)8-11/h3-8,15,20H,9,19H2,1-2H3. The molecule has 1 atom stereocenters. The van der Waals surface area contributed by atoms with Crippen LogP contribution in [0.2, 0.25) is 0 Å². The normalized spacial score (nSPS) is 12.2. The topological polar surface area (TPSA) is 47.3 Å². The van der Waals surface area contributed by atoms with Gasteiger partial charge in [0.05, 0.1) is 17.6 Å². The van der Waals surface area contributed by atoms with Crippen LogP contribution in [-0.4, -0.2) is 7.11 Å². The highest BCUT2D eigenvalue weighted by atomic mass is 79.9. The van der Waals surface area contributed by atoms with Gasteiger partial charge in [0.2, 0.25) is 0 Å². The first kappa shape index (κ1) is 15.9. The van der Waals surface area contributed by atoms with E-state index in [-0.39, 0.29) is 11.9 Å². The molecule has 112 valence electrons. The number of hydrogen-bond donors (Lipinski definition) is 2. The van der Waals surface area contributed by atoms with Gasteiger partial charge in [0.1, 0.15) is 11.6 Å². The zero-order valence-corrected chi connectivity index (χ0v) is 13.6. The van der Waals surface area contributed by atoms with Gasteiger partial charge < -0.3 is 4.74 Å². The van der Waals surface area contributed by atoms with Crippen LogP contribution in [0.5, 0.6) is 5.75 Å². The second-order valence-corrected chi connectivity index (χ2v) is 5.77. The molecule has 0 fully saturated rings. The number of nitrogens with one attached hydrogen (secondary N) is 1. The Labute approximate surface area is 132 Å². The van der Waals surface area contributed by atoms with Crippen LogP contribution in [0.1, 0.15) is 22.7 Å². The Bertz CT molecular complexity index is 634. The number of ether oxygens (including phenoxy) is 1. The first-order valence-corrected chi connectivity index (χ1v) is 7.39. The van der Waals surface area contributed by atoms with E-state index >= 15 is 0 Å². The van der Waals surface area contributed by atoms with Crippen LogP contribution in [0.15, 0.2) is 40.9 Å². The summed E-state index contributed by atoms with van der Waals surface area (Å²) in [5, 5.41) is 0. The minimum Gasteiger partial charge on any atom is -0.496 e. The monoisotopic (exact) mass is 352 g/mol. The molecular weight excluding hydrogens is 335 g/mol. The van der Waals surface area contributed by atoms with Crippen molar-refractivity contribution in [3.63, 3.8) is 0 Å². The molecule has 3 N–H and O–H groups in total. The van der Waals surface area contributed by atoms with Gasteiger partial charge in [-0.3, -0.25) is 11.3 Å². The lowest BCUT2D eigenvalue weighted by Gasteiger charge is -2.18. The molecular formula is C16H18BrFN2O. The third-order valence-electron chi connectivity index (χ3n) is 3.39. The Balaban J connectivity index is 2.24. The summed E-state index contributed by atoms with van der Waals surface area (Å²) in [6.07, 6.45) is 0.582. The predicted molar refractivity (Wildman–Crippen MR) is 85.6 cm³/mol. The number of hydrazine groups is 1. The van der Waals surface area contributed by atoms with Crippen molar-refractivity contribution in [1.82, 2.24) is 5.43 Å². The van der Waals surface area contributed by atoms with Gasteiger partial charge in [-0.1, -0.05) is 18.2 Å². The average Bonchev–Trinajstić information content (AvgIpc) is 2.45. The van der Waals surface area contributed by atoms with E-state index < -0.39 is 0 Å². The molecule has 3 nitrogen and oxygen atoms in total.